The van der Waals surface area contributed by atoms with Crippen molar-refractivity contribution < 1.29 is 20.1 Å². The number of carbonyl (C=O) groups is 1. The van der Waals surface area contributed by atoms with Gasteiger partial charge in [-0.15, -0.1) is 0 Å². The normalized spacial score (nSPS) is 36.7. The number of carbonyl (C=O) groups excluding carboxylic acids is 1. The van der Waals surface area contributed by atoms with Crippen LogP contribution in [0.2, 0.25) is 0 Å². The van der Waals surface area contributed by atoms with E-state index in [2.05, 4.69) is 5.32 Å². The number of nitrogens with one attached hydrogen (secondary N) is 1. The van der Waals surface area contributed by atoms with Crippen LogP contribution in [0.1, 0.15) is 61.6 Å². The maximum atomic E-state index is 14.0. The molecule has 150 valence electrons. The fraction of sp³-hybridized carbons (Fsp3) is 0.696. The fourth-order valence-electron chi connectivity index (χ4n) is 6.88. The van der Waals surface area contributed by atoms with Crippen LogP contribution in [0.15, 0.2) is 0 Å². The van der Waals surface area contributed by atoms with Crippen molar-refractivity contribution in [3.05, 3.63) is 16.7 Å². The molecule has 1 aromatic rings. The molecule has 1 saturated heterocycles. The summed E-state index contributed by atoms with van der Waals surface area (Å²) in [6.07, 6.45) is 8.68. The summed E-state index contributed by atoms with van der Waals surface area (Å²) in [7, 11) is 0. The van der Waals surface area contributed by atoms with Crippen LogP contribution in [0.5, 0.6) is 17.2 Å². The van der Waals surface area contributed by atoms with Gasteiger partial charge in [-0.25, -0.2) is 0 Å². The Morgan fingerprint density at radius 2 is 1.75 bits per heavy atom. The van der Waals surface area contributed by atoms with E-state index in [1.54, 1.807) is 0 Å². The zero-order chi connectivity index (χ0) is 19.2. The Kier molecular flexibility index (Phi) is 3.46. The van der Waals surface area contributed by atoms with Crippen molar-refractivity contribution >= 4 is 5.78 Å². The Balaban J connectivity index is 1.61. The average molecular weight is 383 g/mol. The molecular weight excluding hydrogens is 354 g/mol. The van der Waals surface area contributed by atoms with Crippen LogP contribution in [-0.2, 0) is 23.1 Å². The Hall–Kier alpha value is -1.75. The van der Waals surface area contributed by atoms with Crippen LogP contribution < -0.4 is 5.32 Å². The van der Waals surface area contributed by atoms with Gasteiger partial charge in [0, 0.05) is 23.1 Å². The molecule has 4 aliphatic carbocycles. The molecule has 3 saturated carbocycles. The smallest absolute Gasteiger partial charge is 0.200 e. The topological polar surface area (TPSA) is 89.8 Å². The van der Waals surface area contributed by atoms with Crippen molar-refractivity contribution in [1.29, 1.82) is 0 Å². The lowest BCUT2D eigenvalue weighted by Crippen LogP contribution is -2.65. The third kappa shape index (κ3) is 2.14. The molecule has 28 heavy (non-hydrogen) atoms. The molecule has 5 aliphatic rings. The Labute approximate surface area is 165 Å². The molecule has 0 aromatic heterocycles. The second-order valence-corrected chi connectivity index (χ2v) is 10.0. The lowest BCUT2D eigenvalue weighted by molar-refractivity contribution is -0.138. The van der Waals surface area contributed by atoms with E-state index in [0.29, 0.717) is 36.0 Å². The monoisotopic (exact) mass is 383 g/mol. The van der Waals surface area contributed by atoms with Crippen molar-refractivity contribution in [3.63, 3.8) is 0 Å². The molecule has 1 unspecified atom stereocenters. The van der Waals surface area contributed by atoms with Crippen molar-refractivity contribution in [1.82, 2.24) is 5.32 Å². The summed E-state index contributed by atoms with van der Waals surface area (Å²) in [6, 6.07) is 0.161. The highest BCUT2D eigenvalue weighted by molar-refractivity contribution is 5.96. The van der Waals surface area contributed by atoms with Gasteiger partial charge < -0.3 is 20.6 Å². The van der Waals surface area contributed by atoms with E-state index in [1.165, 1.54) is 0 Å². The number of phenolic OH excluding ortho intramolecular Hbond substituents is 3. The Bertz CT molecular complexity index is 872. The number of Topliss-reactive ketones (excluding diaryl/α,β-unsaturated/α-hetero) is 1. The SMILES string of the molecule is O=C1C(C2CC2)CC[C@H]2[C@H]3Cc4c(O)c(O)c(O)c(CC5CC5)c4[C@@]12CCN3. The molecule has 0 amide bonds. The zero-order valence-electron chi connectivity index (χ0n) is 16.2. The van der Waals surface area contributed by atoms with Crippen LogP contribution in [0.4, 0.5) is 0 Å². The first-order valence-corrected chi connectivity index (χ1v) is 11.1. The van der Waals surface area contributed by atoms with Gasteiger partial charge in [0.05, 0.1) is 5.41 Å². The predicted molar refractivity (Wildman–Crippen MR) is 104 cm³/mol. The maximum absolute atomic E-state index is 14.0. The number of hydrogen-bond donors (Lipinski definition) is 4. The lowest BCUT2D eigenvalue weighted by atomic mass is 9.49. The van der Waals surface area contributed by atoms with Crippen molar-refractivity contribution in [2.45, 2.75) is 69.2 Å². The summed E-state index contributed by atoms with van der Waals surface area (Å²) < 4.78 is 0. The van der Waals surface area contributed by atoms with Gasteiger partial charge >= 0.3 is 0 Å². The molecule has 0 radical (unpaired) electrons. The number of piperidine rings is 1. The van der Waals surface area contributed by atoms with Crippen molar-refractivity contribution in [2.24, 2.45) is 23.7 Å². The first-order chi connectivity index (χ1) is 13.5. The molecule has 5 nitrogen and oxygen atoms in total. The molecule has 2 bridgehead atoms. The predicted octanol–water partition coefficient (Wildman–Crippen LogP) is 2.92. The summed E-state index contributed by atoms with van der Waals surface area (Å²) >= 11 is 0. The number of benzene rings is 1. The third-order valence-electron chi connectivity index (χ3n) is 8.48. The number of aromatic hydroxyl groups is 3. The van der Waals surface area contributed by atoms with E-state index < -0.39 is 11.2 Å². The molecular formula is C23H29NO4. The molecule has 4 N–H and O–H groups in total. The number of rotatable bonds is 3. The van der Waals surface area contributed by atoms with Crippen molar-refractivity contribution in [3.8, 4) is 17.2 Å². The standard InChI is InChI=1S/C23H29NO4/c25-19-14(9-11-1-2-11)18-15(20(26)21(19)27)10-17-16-6-5-13(12-3-4-12)22(28)23(16,18)7-8-24-17/h11-13,16-17,24-27H,1-10H2/t13?,16-,17+,23-/m0/s1. The largest absolute Gasteiger partial charge is 0.504 e. The summed E-state index contributed by atoms with van der Waals surface area (Å²) in [4.78, 5) is 14.0. The van der Waals surface area contributed by atoms with Crippen LogP contribution >= 0.6 is 0 Å². The highest BCUT2D eigenvalue weighted by atomic mass is 16.3. The van der Waals surface area contributed by atoms with Gasteiger partial charge in [0.1, 0.15) is 5.78 Å². The molecule has 1 aliphatic heterocycles. The molecule has 4 atom stereocenters. The quantitative estimate of drug-likeness (QED) is 0.603. The van der Waals surface area contributed by atoms with Crippen LogP contribution in [0, 0.1) is 23.7 Å². The van der Waals surface area contributed by atoms with Gasteiger partial charge in [0.2, 0.25) is 5.75 Å². The van der Waals surface area contributed by atoms with E-state index >= 15 is 0 Å². The van der Waals surface area contributed by atoms with Gasteiger partial charge in [-0.1, -0.05) is 0 Å². The lowest BCUT2D eigenvalue weighted by Gasteiger charge is -2.56. The summed E-state index contributed by atoms with van der Waals surface area (Å²) in [6.45, 7) is 0.801. The first-order valence-electron chi connectivity index (χ1n) is 11.1. The second-order valence-electron chi connectivity index (χ2n) is 10.0. The van der Waals surface area contributed by atoms with Gasteiger partial charge in [0.15, 0.2) is 11.5 Å². The highest BCUT2D eigenvalue weighted by Gasteiger charge is 2.62. The number of hydrogen-bond acceptors (Lipinski definition) is 5. The summed E-state index contributed by atoms with van der Waals surface area (Å²) in [5.41, 5.74) is 1.78. The second kappa shape index (κ2) is 5.65. The third-order valence-corrected chi connectivity index (χ3v) is 8.48. The van der Waals surface area contributed by atoms with Gasteiger partial charge in [-0.3, -0.25) is 4.79 Å². The summed E-state index contributed by atoms with van der Waals surface area (Å²) in [5.74, 6) is 0.989. The number of fused-ring (bicyclic) bond motifs is 1. The minimum atomic E-state index is -0.595. The molecule has 4 fully saturated rings. The van der Waals surface area contributed by atoms with Crippen molar-refractivity contribution in [2.75, 3.05) is 6.54 Å². The van der Waals surface area contributed by atoms with Crippen LogP contribution in [-0.4, -0.2) is 33.7 Å². The molecule has 0 spiro atoms. The van der Waals surface area contributed by atoms with Gasteiger partial charge in [0.25, 0.3) is 0 Å². The van der Waals surface area contributed by atoms with E-state index in [4.69, 9.17) is 0 Å². The number of phenols is 3. The van der Waals surface area contributed by atoms with E-state index in [1.807, 2.05) is 0 Å². The average Bonchev–Trinajstić information content (AvgIpc) is 3.58. The van der Waals surface area contributed by atoms with E-state index in [-0.39, 0.29) is 29.4 Å². The molecule has 1 heterocycles. The Morgan fingerprint density at radius 1 is 0.964 bits per heavy atom. The number of ketones is 1. The Morgan fingerprint density at radius 3 is 2.46 bits per heavy atom. The first kappa shape index (κ1) is 17.1. The van der Waals surface area contributed by atoms with E-state index in [0.717, 1.165) is 62.6 Å². The fourth-order valence-corrected chi connectivity index (χ4v) is 6.88. The highest BCUT2D eigenvalue weighted by Crippen LogP contribution is 2.61. The molecule has 5 heteroatoms. The van der Waals surface area contributed by atoms with Crippen LogP contribution in [0.3, 0.4) is 0 Å². The minimum Gasteiger partial charge on any atom is -0.504 e. The molecule has 1 aromatic carbocycles. The zero-order valence-corrected chi connectivity index (χ0v) is 16.2. The van der Waals surface area contributed by atoms with Crippen LogP contribution in [0.25, 0.3) is 0 Å². The maximum Gasteiger partial charge on any atom is 0.200 e. The molecule has 6 rings (SSSR count). The summed E-state index contributed by atoms with van der Waals surface area (Å²) in [5, 5.41) is 35.6. The minimum absolute atomic E-state index is 0.132. The van der Waals surface area contributed by atoms with E-state index in [9.17, 15) is 20.1 Å². The van der Waals surface area contributed by atoms with Gasteiger partial charge in [-0.05, 0) is 87.6 Å². The van der Waals surface area contributed by atoms with Gasteiger partial charge in [-0.2, -0.15) is 0 Å².